The van der Waals surface area contributed by atoms with E-state index in [9.17, 15) is 41.8 Å². The molecule has 10 heteroatoms. The molecule has 0 amide bonds. The molecule has 0 aromatic rings. The molecule has 0 saturated heterocycles. The maximum atomic E-state index is 13.6. The Balaban J connectivity index is 2.88. The molecule has 1 saturated carbocycles. The fourth-order valence-corrected chi connectivity index (χ4v) is 4.26. The minimum absolute atomic E-state index is 0.295. The third kappa shape index (κ3) is 2.69. The van der Waals surface area contributed by atoms with Crippen molar-refractivity contribution in [2.24, 2.45) is 27.7 Å². The summed E-state index contributed by atoms with van der Waals surface area (Å²) in [6.45, 7) is 2.05. The maximum Gasteiger partial charge on any atom is 0.411 e. The monoisotopic (exact) mass is 371 g/mol. The topological polar surface area (TPSA) is 87.0 Å². The fraction of sp³-hybridized carbons (Fsp3) is 0.800. The zero-order valence-electron chi connectivity index (χ0n) is 13.5. The minimum atomic E-state index is -5.19. The molecule has 2 aliphatic rings. The van der Waals surface area contributed by atoms with Crippen LogP contribution in [0.15, 0.2) is 4.99 Å². The van der Waals surface area contributed by atoms with Crippen LogP contribution in [0.2, 0.25) is 0 Å². The highest BCUT2D eigenvalue weighted by Gasteiger charge is 2.73. The molecule has 0 spiro atoms. The van der Waals surface area contributed by atoms with Gasteiger partial charge in [-0.15, -0.1) is 0 Å². The molecule has 1 aliphatic heterocycles. The highest BCUT2D eigenvalue weighted by Crippen LogP contribution is 2.62. The van der Waals surface area contributed by atoms with E-state index in [4.69, 9.17) is 0 Å². The highest BCUT2D eigenvalue weighted by molar-refractivity contribution is 6.09. The van der Waals surface area contributed by atoms with Gasteiger partial charge in [0.2, 0.25) is 0 Å². The SMILES string of the molecule is CCC1(C(=O)O)C(C(F)(F)F)N=C(C(F)F)C(C)(C(=O)O)C1C1CC1. The fourth-order valence-electron chi connectivity index (χ4n) is 4.26. The van der Waals surface area contributed by atoms with Crippen LogP contribution >= 0.6 is 0 Å². The van der Waals surface area contributed by atoms with Gasteiger partial charge < -0.3 is 10.2 Å². The number of carbonyl (C=O) groups is 2. The van der Waals surface area contributed by atoms with Crippen molar-refractivity contribution in [2.75, 3.05) is 0 Å². The largest absolute Gasteiger partial charge is 0.481 e. The molecule has 0 radical (unpaired) electrons. The van der Waals surface area contributed by atoms with Crippen LogP contribution < -0.4 is 0 Å². The molecule has 1 fully saturated rings. The van der Waals surface area contributed by atoms with E-state index in [0.717, 1.165) is 6.92 Å². The van der Waals surface area contributed by atoms with E-state index in [1.807, 2.05) is 0 Å². The molecule has 5 nitrogen and oxygen atoms in total. The summed E-state index contributed by atoms with van der Waals surface area (Å²) in [6, 6.07) is -2.91. The van der Waals surface area contributed by atoms with E-state index in [1.54, 1.807) is 0 Å². The summed E-state index contributed by atoms with van der Waals surface area (Å²) < 4.78 is 67.6. The molecule has 1 aliphatic carbocycles. The molecule has 142 valence electrons. The second-order valence-electron chi connectivity index (χ2n) is 6.78. The quantitative estimate of drug-likeness (QED) is 0.727. The third-order valence-corrected chi connectivity index (χ3v) is 5.50. The van der Waals surface area contributed by atoms with Crippen LogP contribution in [-0.4, -0.2) is 46.5 Å². The van der Waals surface area contributed by atoms with Gasteiger partial charge in [-0.25, -0.2) is 8.78 Å². The number of aliphatic carboxylic acids is 2. The van der Waals surface area contributed by atoms with Crippen LogP contribution in [-0.2, 0) is 9.59 Å². The zero-order chi connectivity index (χ0) is 19.4. The van der Waals surface area contributed by atoms with Crippen LogP contribution in [0, 0.1) is 22.7 Å². The zero-order valence-corrected chi connectivity index (χ0v) is 13.5. The summed E-state index contributed by atoms with van der Waals surface area (Å²) in [5.41, 5.74) is -6.49. The number of carboxylic acids is 2. The van der Waals surface area contributed by atoms with Gasteiger partial charge in [-0.3, -0.25) is 14.6 Å². The summed E-state index contributed by atoms with van der Waals surface area (Å²) in [6.07, 6.45) is -8.71. The van der Waals surface area contributed by atoms with Gasteiger partial charge in [-0.2, -0.15) is 13.2 Å². The number of alkyl halides is 5. The first-order valence-electron chi connectivity index (χ1n) is 7.74. The summed E-state index contributed by atoms with van der Waals surface area (Å²) in [7, 11) is 0. The Morgan fingerprint density at radius 2 is 1.76 bits per heavy atom. The van der Waals surface area contributed by atoms with Crippen LogP contribution in [0.4, 0.5) is 22.0 Å². The number of halogens is 5. The number of nitrogens with zero attached hydrogens (tertiary/aromatic N) is 1. The van der Waals surface area contributed by atoms with Gasteiger partial charge in [0.1, 0.15) is 10.8 Å². The lowest BCUT2D eigenvalue weighted by Gasteiger charge is -2.52. The van der Waals surface area contributed by atoms with E-state index in [1.165, 1.54) is 6.92 Å². The van der Waals surface area contributed by atoms with Crippen molar-refractivity contribution < 1.29 is 41.8 Å². The van der Waals surface area contributed by atoms with E-state index in [0.29, 0.717) is 12.8 Å². The number of hydrogen-bond donors (Lipinski definition) is 2. The first-order valence-corrected chi connectivity index (χ1v) is 7.74. The van der Waals surface area contributed by atoms with Gasteiger partial charge in [0.25, 0.3) is 6.43 Å². The van der Waals surface area contributed by atoms with Gasteiger partial charge >= 0.3 is 18.1 Å². The van der Waals surface area contributed by atoms with Crippen molar-refractivity contribution in [2.45, 2.75) is 51.8 Å². The molecule has 4 atom stereocenters. The number of rotatable bonds is 5. The standard InChI is InChI=1S/C15H18F5NO4/c1-3-14(12(24)25)7(6-4-5-6)13(2,11(22)23)8(9(16)17)21-10(14)15(18,19)20/h6-7,9-10H,3-5H2,1-2H3,(H,22,23)(H,24,25). The third-order valence-electron chi connectivity index (χ3n) is 5.50. The van der Waals surface area contributed by atoms with E-state index < -0.39 is 65.4 Å². The predicted octanol–water partition coefficient (Wildman–Crippen LogP) is 3.24. The second kappa shape index (κ2) is 5.91. The van der Waals surface area contributed by atoms with Gasteiger partial charge in [0.05, 0.1) is 5.71 Å². The normalized spacial score (nSPS) is 36.2. The molecule has 2 rings (SSSR count). The first-order chi connectivity index (χ1) is 11.3. The smallest absolute Gasteiger partial charge is 0.411 e. The molecule has 0 aromatic carbocycles. The molecular weight excluding hydrogens is 353 g/mol. The predicted molar refractivity (Wildman–Crippen MR) is 75.6 cm³/mol. The average Bonchev–Trinajstić information content (AvgIpc) is 3.28. The van der Waals surface area contributed by atoms with E-state index >= 15 is 0 Å². The highest BCUT2D eigenvalue weighted by atomic mass is 19.4. The Labute approximate surface area is 139 Å². The lowest BCUT2D eigenvalue weighted by molar-refractivity contribution is -0.209. The Bertz CT molecular complexity index is 616. The maximum absolute atomic E-state index is 13.6. The Morgan fingerprint density at radius 3 is 2.04 bits per heavy atom. The molecule has 0 aromatic heterocycles. The van der Waals surface area contributed by atoms with Gasteiger partial charge in [0, 0.05) is 5.92 Å². The number of carboxylic acid groups (broad SMARTS) is 2. The second-order valence-corrected chi connectivity index (χ2v) is 6.78. The number of hydrogen-bond acceptors (Lipinski definition) is 3. The molecule has 4 unspecified atom stereocenters. The van der Waals surface area contributed by atoms with Crippen LogP contribution in [0.25, 0.3) is 0 Å². The van der Waals surface area contributed by atoms with Crippen molar-refractivity contribution in [3.05, 3.63) is 0 Å². The van der Waals surface area contributed by atoms with Gasteiger partial charge in [-0.05, 0) is 32.1 Å². The van der Waals surface area contributed by atoms with E-state index in [-0.39, 0.29) is 0 Å². The summed E-state index contributed by atoms with van der Waals surface area (Å²) in [5, 5.41) is 19.2. The lowest BCUT2D eigenvalue weighted by atomic mass is 9.52. The molecule has 2 N–H and O–H groups in total. The molecule has 0 bridgehead atoms. The van der Waals surface area contributed by atoms with Crippen molar-refractivity contribution in [1.29, 1.82) is 0 Å². The van der Waals surface area contributed by atoms with Crippen molar-refractivity contribution in [3.8, 4) is 0 Å². The summed E-state index contributed by atoms with van der Waals surface area (Å²) in [5.74, 6) is -5.97. The van der Waals surface area contributed by atoms with Crippen LogP contribution in [0.3, 0.4) is 0 Å². The molecule has 25 heavy (non-hydrogen) atoms. The average molecular weight is 371 g/mol. The van der Waals surface area contributed by atoms with Crippen molar-refractivity contribution in [3.63, 3.8) is 0 Å². The Kier molecular flexibility index (Phi) is 4.63. The lowest BCUT2D eigenvalue weighted by Crippen LogP contribution is -2.65. The minimum Gasteiger partial charge on any atom is -0.481 e. The summed E-state index contributed by atoms with van der Waals surface area (Å²) >= 11 is 0. The van der Waals surface area contributed by atoms with Crippen LogP contribution in [0.5, 0.6) is 0 Å². The van der Waals surface area contributed by atoms with Crippen molar-refractivity contribution in [1.82, 2.24) is 0 Å². The molecule has 1 heterocycles. The van der Waals surface area contributed by atoms with Crippen LogP contribution in [0.1, 0.15) is 33.1 Å². The first kappa shape index (κ1) is 19.6. The summed E-state index contributed by atoms with van der Waals surface area (Å²) in [4.78, 5) is 26.8. The molecular formula is C15H18F5NO4. The van der Waals surface area contributed by atoms with Gasteiger partial charge in [0.15, 0.2) is 6.04 Å². The van der Waals surface area contributed by atoms with E-state index in [2.05, 4.69) is 4.99 Å². The Hall–Kier alpha value is -1.74. The van der Waals surface area contributed by atoms with Gasteiger partial charge in [-0.1, -0.05) is 6.92 Å². The Morgan fingerprint density at radius 1 is 1.24 bits per heavy atom. The number of aliphatic imine (C=N–C) groups is 1. The van der Waals surface area contributed by atoms with Crippen molar-refractivity contribution >= 4 is 17.7 Å².